The van der Waals surface area contributed by atoms with Gasteiger partial charge < -0.3 is 4.42 Å². The second-order valence-electron chi connectivity index (χ2n) is 12.4. The van der Waals surface area contributed by atoms with Gasteiger partial charge in [-0.05, 0) is 68.4 Å². The molecule has 0 atom stereocenters. The van der Waals surface area contributed by atoms with Crippen molar-refractivity contribution in [2.45, 2.75) is 0 Å². The molecule has 0 unspecified atom stereocenters. The highest BCUT2D eigenvalue weighted by Crippen LogP contribution is 2.42. The fourth-order valence-corrected chi connectivity index (χ4v) is 7.18. The molecule has 0 aliphatic rings. The number of para-hydroxylation sites is 1. The standard InChI is InChI=1S/C45H27N3O/c1-3-13-28(14-4-1)30-23-24-34-32(25-30)27-39(41-37-21-11-12-22-40(37)49-42(34)41)45-47-43(29-15-5-2-6-16-29)46-44(48-45)38-26-31-17-7-8-18-33(31)35-19-9-10-20-36(35)38/h1-27H. The highest BCUT2D eigenvalue weighted by Gasteiger charge is 2.21. The maximum Gasteiger partial charge on any atom is 0.164 e. The fourth-order valence-electron chi connectivity index (χ4n) is 7.18. The van der Waals surface area contributed by atoms with Gasteiger partial charge in [0.25, 0.3) is 0 Å². The summed E-state index contributed by atoms with van der Waals surface area (Å²) in [6.45, 7) is 0. The van der Waals surface area contributed by atoms with E-state index < -0.39 is 0 Å². The summed E-state index contributed by atoms with van der Waals surface area (Å²) in [6, 6.07) is 56.8. The lowest BCUT2D eigenvalue weighted by molar-refractivity contribution is 0.672. The number of rotatable bonds is 4. The van der Waals surface area contributed by atoms with Crippen LogP contribution >= 0.6 is 0 Å². The van der Waals surface area contributed by atoms with E-state index in [9.17, 15) is 0 Å². The Hall–Kier alpha value is -6.65. The minimum absolute atomic E-state index is 0.602. The molecular weight excluding hydrogens is 599 g/mol. The van der Waals surface area contributed by atoms with Crippen LogP contribution in [0.4, 0.5) is 0 Å². The van der Waals surface area contributed by atoms with Gasteiger partial charge in [0.05, 0.1) is 0 Å². The largest absolute Gasteiger partial charge is 0.455 e. The predicted octanol–water partition coefficient (Wildman–Crippen LogP) is 11.9. The number of nitrogens with zero attached hydrogens (tertiary/aromatic N) is 3. The minimum atomic E-state index is 0.602. The zero-order chi connectivity index (χ0) is 32.3. The van der Waals surface area contributed by atoms with Gasteiger partial charge in [-0.15, -0.1) is 0 Å². The van der Waals surface area contributed by atoms with Crippen molar-refractivity contribution in [3.63, 3.8) is 0 Å². The summed E-state index contributed by atoms with van der Waals surface area (Å²) in [4.78, 5) is 15.7. The van der Waals surface area contributed by atoms with E-state index in [1.807, 2.05) is 36.4 Å². The van der Waals surface area contributed by atoms with Gasteiger partial charge in [0, 0.05) is 32.8 Å². The first kappa shape index (κ1) is 27.5. The Kier molecular flexibility index (Phi) is 6.15. The van der Waals surface area contributed by atoms with Gasteiger partial charge in [0.1, 0.15) is 11.2 Å². The summed E-state index contributed by atoms with van der Waals surface area (Å²) in [6.07, 6.45) is 0. The predicted molar refractivity (Wildman–Crippen MR) is 201 cm³/mol. The first-order valence-electron chi connectivity index (χ1n) is 16.4. The van der Waals surface area contributed by atoms with Gasteiger partial charge in [-0.1, -0.05) is 133 Å². The maximum absolute atomic E-state index is 6.64. The third-order valence-corrected chi connectivity index (χ3v) is 9.49. The molecule has 2 aromatic heterocycles. The molecule has 0 aliphatic carbocycles. The van der Waals surface area contributed by atoms with Gasteiger partial charge >= 0.3 is 0 Å². The molecule has 10 rings (SSSR count). The van der Waals surface area contributed by atoms with Crippen LogP contribution in [0.5, 0.6) is 0 Å². The zero-order valence-corrected chi connectivity index (χ0v) is 26.3. The first-order chi connectivity index (χ1) is 24.3. The number of aromatic nitrogens is 3. The average molecular weight is 626 g/mol. The Morgan fingerprint density at radius 2 is 0.939 bits per heavy atom. The quantitative estimate of drug-likeness (QED) is 0.183. The highest BCUT2D eigenvalue weighted by molar-refractivity contribution is 6.21. The normalized spacial score (nSPS) is 11.7. The van der Waals surface area contributed by atoms with Crippen molar-refractivity contribution in [1.82, 2.24) is 15.0 Å². The Balaban J connectivity index is 1.31. The molecule has 0 saturated carbocycles. The lowest BCUT2D eigenvalue weighted by Crippen LogP contribution is -2.01. The van der Waals surface area contributed by atoms with Crippen molar-refractivity contribution in [2.24, 2.45) is 0 Å². The van der Waals surface area contributed by atoms with Crippen LogP contribution in [-0.4, -0.2) is 15.0 Å². The smallest absolute Gasteiger partial charge is 0.164 e. The summed E-state index contributed by atoms with van der Waals surface area (Å²) < 4.78 is 6.64. The SMILES string of the molecule is c1ccc(-c2ccc3c(c2)cc(-c2nc(-c4ccccc4)nc(-c4cc5ccccc5c5ccccc45)n2)c2c4ccccc4oc32)cc1. The van der Waals surface area contributed by atoms with Crippen molar-refractivity contribution >= 4 is 54.3 Å². The average Bonchev–Trinajstić information content (AvgIpc) is 3.57. The molecule has 4 nitrogen and oxygen atoms in total. The number of furan rings is 1. The molecule has 0 aliphatic heterocycles. The summed E-state index contributed by atoms with van der Waals surface area (Å²) in [5.74, 6) is 1.85. The van der Waals surface area contributed by atoms with Gasteiger partial charge in [-0.2, -0.15) is 0 Å². The van der Waals surface area contributed by atoms with E-state index in [0.29, 0.717) is 17.5 Å². The zero-order valence-electron chi connectivity index (χ0n) is 26.3. The minimum Gasteiger partial charge on any atom is -0.455 e. The first-order valence-corrected chi connectivity index (χ1v) is 16.4. The van der Waals surface area contributed by atoms with Crippen LogP contribution in [0.25, 0.3) is 99.5 Å². The Labute approximate surface area is 282 Å². The Morgan fingerprint density at radius 3 is 1.73 bits per heavy atom. The lowest BCUT2D eigenvalue weighted by Gasteiger charge is -2.13. The Morgan fingerprint density at radius 1 is 0.347 bits per heavy atom. The molecule has 8 aromatic carbocycles. The molecule has 228 valence electrons. The van der Waals surface area contributed by atoms with Gasteiger partial charge in [-0.3, -0.25) is 0 Å². The van der Waals surface area contributed by atoms with E-state index in [-0.39, 0.29) is 0 Å². The molecule has 0 radical (unpaired) electrons. The summed E-state index contributed by atoms with van der Waals surface area (Å²) >= 11 is 0. The molecule has 0 N–H and O–H groups in total. The molecule has 0 saturated heterocycles. The van der Waals surface area contributed by atoms with Crippen LogP contribution in [-0.2, 0) is 0 Å². The third-order valence-electron chi connectivity index (χ3n) is 9.49. The third kappa shape index (κ3) is 4.49. The van der Waals surface area contributed by atoms with E-state index in [1.165, 1.54) is 10.8 Å². The molecule has 4 heteroatoms. The number of benzene rings is 8. The second-order valence-corrected chi connectivity index (χ2v) is 12.4. The van der Waals surface area contributed by atoms with Crippen LogP contribution in [0.2, 0.25) is 0 Å². The van der Waals surface area contributed by atoms with Crippen molar-refractivity contribution in [1.29, 1.82) is 0 Å². The number of hydrogen-bond donors (Lipinski definition) is 0. The van der Waals surface area contributed by atoms with E-state index >= 15 is 0 Å². The molecule has 0 bridgehead atoms. The van der Waals surface area contributed by atoms with E-state index in [4.69, 9.17) is 19.4 Å². The summed E-state index contributed by atoms with van der Waals surface area (Å²) in [5.41, 5.74) is 6.76. The monoisotopic (exact) mass is 625 g/mol. The van der Waals surface area contributed by atoms with Crippen LogP contribution in [0, 0.1) is 0 Å². The van der Waals surface area contributed by atoms with Crippen LogP contribution in [0.15, 0.2) is 168 Å². The molecule has 49 heavy (non-hydrogen) atoms. The topological polar surface area (TPSA) is 51.8 Å². The fraction of sp³-hybridized carbons (Fsp3) is 0. The summed E-state index contributed by atoms with van der Waals surface area (Å²) in [7, 11) is 0. The van der Waals surface area contributed by atoms with Crippen LogP contribution in [0.1, 0.15) is 0 Å². The number of hydrogen-bond acceptors (Lipinski definition) is 4. The number of fused-ring (bicyclic) bond motifs is 8. The molecular formula is C45H27N3O. The highest BCUT2D eigenvalue weighted by atomic mass is 16.3. The summed E-state index contributed by atoms with van der Waals surface area (Å²) in [5, 5.41) is 8.74. The van der Waals surface area contributed by atoms with Crippen molar-refractivity contribution in [2.75, 3.05) is 0 Å². The molecule has 0 spiro atoms. The Bertz CT molecular complexity index is 2880. The van der Waals surface area contributed by atoms with E-state index in [1.54, 1.807) is 0 Å². The van der Waals surface area contributed by atoms with Crippen molar-refractivity contribution < 1.29 is 4.42 Å². The maximum atomic E-state index is 6.64. The van der Waals surface area contributed by atoms with Crippen molar-refractivity contribution in [3.8, 4) is 45.3 Å². The molecule has 2 heterocycles. The second kappa shape index (κ2) is 11.0. The van der Waals surface area contributed by atoms with E-state index in [0.717, 1.165) is 71.3 Å². The van der Waals surface area contributed by atoms with Crippen molar-refractivity contribution in [3.05, 3.63) is 164 Å². The van der Waals surface area contributed by atoms with Gasteiger partial charge in [0.2, 0.25) is 0 Å². The van der Waals surface area contributed by atoms with Gasteiger partial charge in [0.15, 0.2) is 17.5 Å². The lowest BCUT2D eigenvalue weighted by atomic mass is 9.95. The molecule has 0 fully saturated rings. The van der Waals surface area contributed by atoms with Crippen LogP contribution < -0.4 is 0 Å². The van der Waals surface area contributed by atoms with E-state index in [2.05, 4.69) is 127 Å². The van der Waals surface area contributed by atoms with Crippen LogP contribution in [0.3, 0.4) is 0 Å². The van der Waals surface area contributed by atoms with Gasteiger partial charge in [-0.25, -0.2) is 15.0 Å². The molecule has 0 amide bonds. The molecule has 10 aromatic rings.